The minimum Gasteiger partial charge on any atom is -0.497 e. The summed E-state index contributed by atoms with van der Waals surface area (Å²) in [6.07, 6.45) is 2.23. The third-order valence-corrected chi connectivity index (χ3v) is 5.80. The molecule has 0 spiro atoms. The van der Waals surface area contributed by atoms with Crippen LogP contribution in [0.15, 0.2) is 48.5 Å². The summed E-state index contributed by atoms with van der Waals surface area (Å²) in [6, 6.07) is 14.4. The monoisotopic (exact) mass is 422 g/mol. The summed E-state index contributed by atoms with van der Waals surface area (Å²) in [5.74, 6) is -0.309. The van der Waals surface area contributed by atoms with Gasteiger partial charge in [0.15, 0.2) is 0 Å². The standard InChI is InChI=1S/C24H26N2O5/c1-30-21-6-4-5-20(14-21)26-15-19(13-22(26)27)24(29)31-16-17-7-9-18(10-8-17)23(28)25-11-2-3-12-25/h4-10,14,19H,2-3,11-13,15-16H2,1H3. The van der Waals surface area contributed by atoms with Crippen molar-refractivity contribution in [2.75, 3.05) is 31.6 Å². The second-order valence-electron chi connectivity index (χ2n) is 7.91. The summed E-state index contributed by atoms with van der Waals surface area (Å²) in [6.45, 7) is 2.02. The van der Waals surface area contributed by atoms with Gasteiger partial charge in [0, 0.05) is 43.4 Å². The van der Waals surface area contributed by atoms with Gasteiger partial charge >= 0.3 is 5.97 Å². The first-order chi connectivity index (χ1) is 15.0. The maximum Gasteiger partial charge on any atom is 0.311 e. The van der Waals surface area contributed by atoms with Crippen molar-refractivity contribution in [2.24, 2.45) is 5.92 Å². The molecule has 2 aliphatic heterocycles. The largest absolute Gasteiger partial charge is 0.497 e. The fraction of sp³-hybridized carbons (Fsp3) is 0.375. The van der Waals surface area contributed by atoms with Crippen LogP contribution < -0.4 is 9.64 Å². The molecular formula is C24H26N2O5. The molecule has 162 valence electrons. The Morgan fingerprint density at radius 1 is 1.06 bits per heavy atom. The lowest BCUT2D eigenvalue weighted by molar-refractivity contribution is -0.149. The summed E-state index contributed by atoms with van der Waals surface area (Å²) in [4.78, 5) is 40.8. The first-order valence-corrected chi connectivity index (χ1v) is 10.5. The lowest BCUT2D eigenvalue weighted by Gasteiger charge is -2.17. The van der Waals surface area contributed by atoms with Gasteiger partial charge in [-0.3, -0.25) is 14.4 Å². The van der Waals surface area contributed by atoms with Crippen molar-refractivity contribution in [2.45, 2.75) is 25.9 Å². The van der Waals surface area contributed by atoms with Crippen molar-refractivity contribution in [1.82, 2.24) is 4.90 Å². The molecule has 0 radical (unpaired) electrons. The van der Waals surface area contributed by atoms with Crippen LogP contribution >= 0.6 is 0 Å². The highest BCUT2D eigenvalue weighted by atomic mass is 16.5. The number of ether oxygens (including phenoxy) is 2. The fourth-order valence-corrected chi connectivity index (χ4v) is 4.01. The number of likely N-dealkylation sites (tertiary alicyclic amines) is 1. The Bertz CT molecular complexity index is 966. The van der Waals surface area contributed by atoms with E-state index in [4.69, 9.17) is 9.47 Å². The number of hydrogen-bond donors (Lipinski definition) is 0. The van der Waals surface area contributed by atoms with Crippen LogP contribution in [0.3, 0.4) is 0 Å². The number of hydrogen-bond acceptors (Lipinski definition) is 5. The van der Waals surface area contributed by atoms with Crippen LogP contribution in [-0.2, 0) is 20.9 Å². The second-order valence-corrected chi connectivity index (χ2v) is 7.91. The van der Waals surface area contributed by atoms with Crippen LogP contribution in [0.4, 0.5) is 5.69 Å². The van der Waals surface area contributed by atoms with Crippen molar-refractivity contribution < 1.29 is 23.9 Å². The summed E-state index contributed by atoms with van der Waals surface area (Å²) >= 11 is 0. The molecule has 2 saturated heterocycles. The third kappa shape index (κ3) is 4.71. The molecule has 0 bridgehead atoms. The zero-order valence-electron chi connectivity index (χ0n) is 17.6. The molecule has 2 heterocycles. The SMILES string of the molecule is COc1cccc(N2CC(C(=O)OCc3ccc(C(=O)N4CCCC4)cc3)CC2=O)c1. The number of carbonyl (C=O) groups is 3. The van der Waals surface area contributed by atoms with E-state index in [2.05, 4.69) is 0 Å². The topological polar surface area (TPSA) is 76.2 Å². The molecule has 2 aromatic carbocycles. The van der Waals surface area contributed by atoms with Gasteiger partial charge in [-0.15, -0.1) is 0 Å². The molecule has 2 fully saturated rings. The summed E-state index contributed by atoms with van der Waals surface area (Å²) in [5.41, 5.74) is 2.16. The lowest BCUT2D eigenvalue weighted by atomic mass is 10.1. The van der Waals surface area contributed by atoms with Gasteiger partial charge < -0.3 is 19.3 Å². The predicted molar refractivity (Wildman–Crippen MR) is 115 cm³/mol. The Morgan fingerprint density at radius 3 is 2.52 bits per heavy atom. The van der Waals surface area contributed by atoms with Gasteiger partial charge in [-0.1, -0.05) is 18.2 Å². The number of anilines is 1. The van der Waals surface area contributed by atoms with Gasteiger partial charge in [0.25, 0.3) is 5.91 Å². The van der Waals surface area contributed by atoms with E-state index in [-0.39, 0.29) is 31.4 Å². The molecule has 1 atom stereocenters. The molecule has 0 N–H and O–H groups in total. The number of rotatable bonds is 6. The molecule has 7 nitrogen and oxygen atoms in total. The molecule has 0 aliphatic carbocycles. The average Bonchev–Trinajstić information content (AvgIpc) is 3.47. The molecule has 1 unspecified atom stereocenters. The van der Waals surface area contributed by atoms with E-state index in [9.17, 15) is 14.4 Å². The smallest absolute Gasteiger partial charge is 0.311 e. The van der Waals surface area contributed by atoms with E-state index < -0.39 is 11.9 Å². The number of amides is 2. The number of carbonyl (C=O) groups excluding carboxylic acids is 3. The first-order valence-electron chi connectivity index (χ1n) is 10.5. The predicted octanol–water partition coefficient (Wildman–Crippen LogP) is 3.03. The Morgan fingerprint density at radius 2 is 1.81 bits per heavy atom. The van der Waals surface area contributed by atoms with Crippen LogP contribution in [0.5, 0.6) is 5.75 Å². The Hall–Kier alpha value is -3.35. The number of methoxy groups -OCH3 is 1. The number of nitrogens with zero attached hydrogens (tertiary/aromatic N) is 2. The van der Waals surface area contributed by atoms with Crippen molar-refractivity contribution in [3.63, 3.8) is 0 Å². The molecule has 2 aromatic rings. The molecule has 2 amide bonds. The van der Waals surface area contributed by atoms with Crippen LogP contribution in [0, 0.1) is 5.92 Å². The van der Waals surface area contributed by atoms with Gasteiger partial charge in [0.1, 0.15) is 12.4 Å². The first kappa shape index (κ1) is 20.9. The van der Waals surface area contributed by atoms with E-state index in [1.807, 2.05) is 17.0 Å². The zero-order valence-corrected chi connectivity index (χ0v) is 17.6. The van der Waals surface area contributed by atoms with Crippen LogP contribution in [0.1, 0.15) is 35.2 Å². The van der Waals surface area contributed by atoms with Crippen molar-refractivity contribution >= 4 is 23.5 Å². The van der Waals surface area contributed by atoms with Gasteiger partial charge in [0.05, 0.1) is 13.0 Å². The van der Waals surface area contributed by atoms with Gasteiger partial charge in [-0.25, -0.2) is 0 Å². The van der Waals surface area contributed by atoms with Gasteiger partial charge in [-0.2, -0.15) is 0 Å². The fourth-order valence-electron chi connectivity index (χ4n) is 4.01. The quantitative estimate of drug-likeness (QED) is 0.669. The number of esters is 1. The normalized spacial score (nSPS) is 18.4. The highest BCUT2D eigenvalue weighted by molar-refractivity contribution is 5.99. The van der Waals surface area contributed by atoms with E-state index in [1.165, 1.54) is 0 Å². The molecular weight excluding hydrogens is 396 g/mol. The molecule has 0 saturated carbocycles. The van der Waals surface area contributed by atoms with E-state index >= 15 is 0 Å². The van der Waals surface area contributed by atoms with E-state index in [1.54, 1.807) is 48.4 Å². The maximum absolute atomic E-state index is 12.5. The Kier molecular flexibility index (Phi) is 6.21. The highest BCUT2D eigenvalue weighted by Crippen LogP contribution is 2.28. The summed E-state index contributed by atoms with van der Waals surface area (Å²) in [5, 5.41) is 0. The lowest BCUT2D eigenvalue weighted by Crippen LogP contribution is -2.27. The van der Waals surface area contributed by atoms with Crippen molar-refractivity contribution in [3.05, 3.63) is 59.7 Å². The number of benzene rings is 2. The minimum absolute atomic E-state index is 0.0446. The molecule has 2 aliphatic rings. The highest BCUT2D eigenvalue weighted by Gasteiger charge is 2.36. The Balaban J connectivity index is 1.31. The van der Waals surface area contributed by atoms with E-state index in [0.717, 1.165) is 31.5 Å². The second kappa shape index (κ2) is 9.20. The maximum atomic E-state index is 12.5. The van der Waals surface area contributed by atoms with E-state index in [0.29, 0.717) is 17.0 Å². The Labute approximate surface area is 181 Å². The third-order valence-electron chi connectivity index (χ3n) is 5.80. The van der Waals surface area contributed by atoms with Crippen molar-refractivity contribution in [1.29, 1.82) is 0 Å². The van der Waals surface area contributed by atoms with Crippen LogP contribution in [-0.4, -0.2) is 49.4 Å². The summed E-state index contributed by atoms with van der Waals surface area (Å²) in [7, 11) is 1.57. The van der Waals surface area contributed by atoms with Gasteiger partial charge in [0.2, 0.25) is 5.91 Å². The molecule has 0 aromatic heterocycles. The zero-order chi connectivity index (χ0) is 21.8. The molecule has 31 heavy (non-hydrogen) atoms. The average molecular weight is 422 g/mol. The summed E-state index contributed by atoms with van der Waals surface area (Å²) < 4.78 is 10.7. The van der Waals surface area contributed by atoms with Crippen molar-refractivity contribution in [3.8, 4) is 5.75 Å². The molecule has 7 heteroatoms. The van der Waals surface area contributed by atoms with Gasteiger partial charge in [-0.05, 0) is 42.7 Å². The molecule has 4 rings (SSSR count). The van der Waals surface area contributed by atoms with Crippen LogP contribution in [0.2, 0.25) is 0 Å². The van der Waals surface area contributed by atoms with Crippen LogP contribution in [0.25, 0.3) is 0 Å². The minimum atomic E-state index is -0.505.